The van der Waals surface area contributed by atoms with Crippen LogP contribution in [0.25, 0.3) is 0 Å². The predicted molar refractivity (Wildman–Crippen MR) is 64.5 cm³/mol. The van der Waals surface area contributed by atoms with Crippen LogP contribution in [0, 0.1) is 5.92 Å². The summed E-state index contributed by atoms with van der Waals surface area (Å²) in [6, 6.07) is 0. The molecule has 0 fully saturated rings. The van der Waals surface area contributed by atoms with Crippen molar-refractivity contribution in [1.82, 2.24) is 15.0 Å². The topological polar surface area (TPSA) is 75.2 Å². The van der Waals surface area contributed by atoms with Crippen LogP contribution in [0.15, 0.2) is 0 Å². The van der Waals surface area contributed by atoms with Crippen LogP contribution >= 0.6 is 0 Å². The van der Waals surface area contributed by atoms with E-state index in [-0.39, 0.29) is 0 Å². The van der Waals surface area contributed by atoms with E-state index in [1.165, 1.54) is 0 Å². The maximum atomic E-state index is 5.55. The Morgan fingerprint density at radius 1 is 1.35 bits per heavy atom. The highest BCUT2D eigenvalue weighted by atomic mass is 16.5. The Bertz CT molecular complexity index is 327. The fourth-order valence-electron chi connectivity index (χ4n) is 1.77. The molecule has 0 bridgehead atoms. The molecule has 1 rings (SSSR count). The van der Waals surface area contributed by atoms with Gasteiger partial charge in [0.05, 0.1) is 24.6 Å². The largest absolute Gasteiger partial charge is 0.384 e. The second-order valence-corrected chi connectivity index (χ2v) is 4.20. The lowest BCUT2D eigenvalue weighted by molar-refractivity contribution is 0.143. The van der Waals surface area contributed by atoms with E-state index in [2.05, 4.69) is 17.2 Å². The minimum atomic E-state index is 0.392. The highest BCUT2D eigenvalue weighted by Gasteiger charge is 2.14. The maximum Gasteiger partial charge on any atom is 0.0900 e. The molecule has 17 heavy (non-hydrogen) atoms. The SMILES string of the molecule is COCc1c(CCN)nnn1CC(C)COC. The minimum absolute atomic E-state index is 0.392. The molecule has 1 heterocycles. The average Bonchev–Trinajstić information content (AvgIpc) is 2.64. The summed E-state index contributed by atoms with van der Waals surface area (Å²) < 4.78 is 12.2. The number of hydrogen-bond acceptors (Lipinski definition) is 5. The van der Waals surface area contributed by atoms with E-state index in [1.807, 2.05) is 4.68 Å². The Kier molecular flexibility index (Phi) is 6.10. The van der Waals surface area contributed by atoms with Crippen LogP contribution in [0.2, 0.25) is 0 Å². The van der Waals surface area contributed by atoms with Crippen LogP contribution in [-0.4, -0.2) is 42.4 Å². The van der Waals surface area contributed by atoms with Crippen molar-refractivity contribution in [3.63, 3.8) is 0 Å². The molecule has 0 radical (unpaired) electrons. The standard InChI is InChI=1S/C11H22N4O2/c1-9(7-16-2)6-15-11(8-17-3)10(4-5-12)13-14-15/h9H,4-8,12H2,1-3H3. The molecule has 6 heteroatoms. The second-order valence-electron chi connectivity index (χ2n) is 4.20. The van der Waals surface area contributed by atoms with Crippen LogP contribution in [0.4, 0.5) is 0 Å². The van der Waals surface area contributed by atoms with Gasteiger partial charge in [0.25, 0.3) is 0 Å². The molecule has 0 aliphatic carbocycles. The zero-order valence-corrected chi connectivity index (χ0v) is 10.8. The van der Waals surface area contributed by atoms with E-state index in [0.717, 1.165) is 24.4 Å². The molecule has 0 saturated heterocycles. The number of nitrogens with zero attached hydrogens (tertiary/aromatic N) is 3. The summed E-state index contributed by atoms with van der Waals surface area (Å²) in [6.07, 6.45) is 0.733. The number of methoxy groups -OCH3 is 2. The van der Waals surface area contributed by atoms with Gasteiger partial charge in [0.15, 0.2) is 0 Å². The highest BCUT2D eigenvalue weighted by Crippen LogP contribution is 2.10. The van der Waals surface area contributed by atoms with E-state index in [0.29, 0.717) is 25.7 Å². The summed E-state index contributed by atoms with van der Waals surface area (Å²) in [4.78, 5) is 0. The molecule has 0 amide bonds. The Labute approximate surface area is 102 Å². The molecule has 6 nitrogen and oxygen atoms in total. The van der Waals surface area contributed by atoms with Crippen LogP contribution in [-0.2, 0) is 29.0 Å². The zero-order chi connectivity index (χ0) is 12.7. The number of rotatable bonds is 8. The van der Waals surface area contributed by atoms with Gasteiger partial charge in [-0.3, -0.25) is 0 Å². The molecule has 0 aliphatic heterocycles. The van der Waals surface area contributed by atoms with Gasteiger partial charge in [0, 0.05) is 27.2 Å². The molecule has 1 aromatic heterocycles. The summed E-state index contributed by atoms with van der Waals surface area (Å²) in [7, 11) is 3.37. The van der Waals surface area contributed by atoms with Gasteiger partial charge in [0.1, 0.15) is 0 Å². The minimum Gasteiger partial charge on any atom is -0.384 e. The molecular weight excluding hydrogens is 220 g/mol. The fourth-order valence-corrected chi connectivity index (χ4v) is 1.77. The van der Waals surface area contributed by atoms with Crippen LogP contribution in [0.3, 0.4) is 0 Å². The first-order chi connectivity index (χ1) is 8.22. The molecule has 98 valence electrons. The van der Waals surface area contributed by atoms with E-state index in [1.54, 1.807) is 14.2 Å². The molecule has 0 spiro atoms. The molecule has 1 unspecified atom stereocenters. The average molecular weight is 242 g/mol. The predicted octanol–water partition coefficient (Wildman–Crippen LogP) is 0.208. The van der Waals surface area contributed by atoms with Gasteiger partial charge in [-0.1, -0.05) is 12.1 Å². The van der Waals surface area contributed by atoms with Crippen molar-refractivity contribution in [2.75, 3.05) is 27.4 Å². The van der Waals surface area contributed by atoms with E-state index in [4.69, 9.17) is 15.2 Å². The van der Waals surface area contributed by atoms with Crippen LogP contribution in [0.1, 0.15) is 18.3 Å². The quantitative estimate of drug-likeness (QED) is 0.705. The Morgan fingerprint density at radius 2 is 2.12 bits per heavy atom. The molecular formula is C11H22N4O2. The molecule has 1 aromatic rings. The number of aromatic nitrogens is 3. The molecule has 1 atom stereocenters. The molecule has 0 aromatic carbocycles. The highest BCUT2D eigenvalue weighted by molar-refractivity contribution is 5.09. The first-order valence-corrected chi connectivity index (χ1v) is 5.82. The van der Waals surface area contributed by atoms with Gasteiger partial charge >= 0.3 is 0 Å². The molecule has 0 saturated carbocycles. The summed E-state index contributed by atoms with van der Waals surface area (Å²) in [6.45, 7) is 4.69. The third-order valence-corrected chi connectivity index (χ3v) is 2.52. The Balaban J connectivity index is 2.75. The van der Waals surface area contributed by atoms with Gasteiger partial charge in [-0.2, -0.15) is 0 Å². The Hall–Kier alpha value is -0.980. The number of hydrogen-bond donors (Lipinski definition) is 1. The normalized spacial score (nSPS) is 12.9. The van der Waals surface area contributed by atoms with Crippen molar-refractivity contribution in [3.8, 4) is 0 Å². The summed E-state index contributed by atoms with van der Waals surface area (Å²) in [5.41, 5.74) is 7.49. The lowest BCUT2D eigenvalue weighted by Crippen LogP contribution is -2.17. The first kappa shape index (κ1) is 14.1. The third-order valence-electron chi connectivity index (χ3n) is 2.52. The fraction of sp³-hybridized carbons (Fsp3) is 0.818. The van der Waals surface area contributed by atoms with Gasteiger partial charge in [-0.25, -0.2) is 4.68 Å². The maximum absolute atomic E-state index is 5.55. The third kappa shape index (κ3) is 4.07. The van der Waals surface area contributed by atoms with Crippen molar-refractivity contribution >= 4 is 0 Å². The smallest absolute Gasteiger partial charge is 0.0900 e. The van der Waals surface area contributed by atoms with Crippen molar-refractivity contribution in [1.29, 1.82) is 0 Å². The molecule has 2 N–H and O–H groups in total. The van der Waals surface area contributed by atoms with Crippen LogP contribution < -0.4 is 5.73 Å². The van der Waals surface area contributed by atoms with E-state index < -0.39 is 0 Å². The lowest BCUT2D eigenvalue weighted by Gasteiger charge is -2.12. The lowest BCUT2D eigenvalue weighted by atomic mass is 10.2. The second kappa shape index (κ2) is 7.37. The number of nitrogens with two attached hydrogens (primary N) is 1. The summed E-state index contributed by atoms with van der Waals surface area (Å²) in [5.74, 6) is 0.392. The summed E-state index contributed by atoms with van der Waals surface area (Å²) >= 11 is 0. The van der Waals surface area contributed by atoms with Crippen molar-refractivity contribution < 1.29 is 9.47 Å². The Morgan fingerprint density at radius 3 is 2.71 bits per heavy atom. The van der Waals surface area contributed by atoms with Crippen LogP contribution in [0.5, 0.6) is 0 Å². The molecule has 0 aliphatic rings. The van der Waals surface area contributed by atoms with Gasteiger partial charge in [-0.05, 0) is 12.5 Å². The zero-order valence-electron chi connectivity index (χ0n) is 10.8. The van der Waals surface area contributed by atoms with Crippen molar-refractivity contribution in [3.05, 3.63) is 11.4 Å². The summed E-state index contributed by atoms with van der Waals surface area (Å²) in [5, 5.41) is 8.30. The van der Waals surface area contributed by atoms with E-state index in [9.17, 15) is 0 Å². The van der Waals surface area contributed by atoms with Gasteiger partial charge < -0.3 is 15.2 Å². The monoisotopic (exact) mass is 242 g/mol. The van der Waals surface area contributed by atoms with Crippen molar-refractivity contribution in [2.24, 2.45) is 11.7 Å². The first-order valence-electron chi connectivity index (χ1n) is 5.82. The van der Waals surface area contributed by atoms with Gasteiger partial charge in [-0.15, -0.1) is 5.10 Å². The van der Waals surface area contributed by atoms with Gasteiger partial charge in [0.2, 0.25) is 0 Å². The van der Waals surface area contributed by atoms with E-state index >= 15 is 0 Å². The van der Waals surface area contributed by atoms with Crippen molar-refractivity contribution in [2.45, 2.75) is 26.5 Å². The number of ether oxygens (including phenoxy) is 2.